The molecule has 3 nitrogen and oxygen atoms in total. The van der Waals surface area contributed by atoms with Gasteiger partial charge in [0.25, 0.3) is 0 Å². The summed E-state index contributed by atoms with van der Waals surface area (Å²) in [6.45, 7) is 0. The van der Waals surface area contributed by atoms with E-state index in [1.807, 2.05) is 12.1 Å². The Morgan fingerprint density at radius 2 is 0.896 bits per heavy atom. The Morgan fingerprint density at radius 3 is 1.62 bits per heavy atom. The molecular formula is C45H29N3. The second kappa shape index (κ2) is 11.7. The first-order chi connectivity index (χ1) is 23.8. The molecule has 0 aliphatic heterocycles. The molecule has 0 N–H and O–H groups in total. The second-order valence-corrected chi connectivity index (χ2v) is 12.1. The highest BCUT2D eigenvalue weighted by molar-refractivity contribution is 6.14. The summed E-state index contributed by atoms with van der Waals surface area (Å²) in [5, 5.41) is 7.26. The van der Waals surface area contributed by atoms with Crippen LogP contribution in [0.3, 0.4) is 0 Å². The Labute approximate surface area is 278 Å². The van der Waals surface area contributed by atoms with Crippen LogP contribution in [0.25, 0.3) is 88.5 Å². The van der Waals surface area contributed by atoms with Gasteiger partial charge in [-0.3, -0.25) is 4.98 Å². The van der Waals surface area contributed by atoms with E-state index in [1.165, 1.54) is 54.6 Å². The molecule has 0 bridgehead atoms. The van der Waals surface area contributed by atoms with E-state index in [0.717, 1.165) is 28.1 Å². The van der Waals surface area contributed by atoms with Crippen molar-refractivity contribution in [1.29, 1.82) is 0 Å². The van der Waals surface area contributed by atoms with Gasteiger partial charge in [-0.2, -0.15) is 0 Å². The lowest BCUT2D eigenvalue weighted by molar-refractivity contribution is 1.18. The summed E-state index contributed by atoms with van der Waals surface area (Å²) >= 11 is 0. The van der Waals surface area contributed by atoms with Crippen LogP contribution in [0.1, 0.15) is 0 Å². The van der Waals surface area contributed by atoms with Crippen LogP contribution in [0.4, 0.5) is 0 Å². The topological polar surface area (TPSA) is 38.7 Å². The SMILES string of the molecule is c1ccc(-c2ccc3ccc(-c4cc(-c5ccc6c(c5)cc(-c5ccccc5)c5ccccc56)nc(-c5ccncc5)n4)cc3c2)cc1. The Balaban J connectivity index is 1.22. The number of rotatable bonds is 5. The van der Waals surface area contributed by atoms with E-state index in [2.05, 4.69) is 157 Å². The zero-order chi connectivity index (χ0) is 31.9. The number of aromatic nitrogens is 3. The number of hydrogen-bond donors (Lipinski definition) is 0. The molecule has 0 saturated carbocycles. The van der Waals surface area contributed by atoms with Crippen molar-refractivity contribution in [2.75, 3.05) is 0 Å². The van der Waals surface area contributed by atoms with E-state index in [1.54, 1.807) is 12.4 Å². The van der Waals surface area contributed by atoms with Crippen LogP contribution < -0.4 is 0 Å². The van der Waals surface area contributed by atoms with Crippen molar-refractivity contribution in [3.8, 4) is 56.2 Å². The highest BCUT2D eigenvalue weighted by Crippen LogP contribution is 2.37. The molecule has 3 heteroatoms. The van der Waals surface area contributed by atoms with Crippen molar-refractivity contribution >= 4 is 32.3 Å². The zero-order valence-electron chi connectivity index (χ0n) is 26.1. The summed E-state index contributed by atoms with van der Waals surface area (Å²) < 4.78 is 0. The van der Waals surface area contributed by atoms with E-state index in [0.29, 0.717) is 5.82 Å². The molecule has 0 aliphatic rings. The molecule has 9 aromatic rings. The first-order valence-electron chi connectivity index (χ1n) is 16.2. The highest BCUT2D eigenvalue weighted by Gasteiger charge is 2.14. The van der Waals surface area contributed by atoms with Gasteiger partial charge in [0.1, 0.15) is 0 Å². The fraction of sp³-hybridized carbons (Fsp3) is 0. The van der Waals surface area contributed by atoms with E-state index in [9.17, 15) is 0 Å². The molecule has 2 heterocycles. The normalized spacial score (nSPS) is 11.3. The predicted molar refractivity (Wildman–Crippen MR) is 200 cm³/mol. The maximum absolute atomic E-state index is 5.13. The quantitative estimate of drug-likeness (QED) is 0.182. The number of hydrogen-bond acceptors (Lipinski definition) is 3. The zero-order valence-corrected chi connectivity index (χ0v) is 26.1. The third kappa shape index (κ3) is 5.08. The first kappa shape index (κ1) is 27.8. The van der Waals surface area contributed by atoms with Crippen molar-refractivity contribution in [3.63, 3.8) is 0 Å². The van der Waals surface area contributed by atoms with Gasteiger partial charge in [0, 0.05) is 29.1 Å². The van der Waals surface area contributed by atoms with Gasteiger partial charge in [-0.05, 0) is 97.0 Å². The van der Waals surface area contributed by atoms with Gasteiger partial charge in [-0.25, -0.2) is 9.97 Å². The summed E-state index contributed by atoms with van der Waals surface area (Å²) in [6, 6.07) is 58.1. The van der Waals surface area contributed by atoms with Crippen LogP contribution in [0, 0.1) is 0 Å². The minimum absolute atomic E-state index is 0.673. The minimum atomic E-state index is 0.673. The van der Waals surface area contributed by atoms with Crippen LogP contribution in [0.2, 0.25) is 0 Å². The first-order valence-corrected chi connectivity index (χ1v) is 16.2. The van der Waals surface area contributed by atoms with Gasteiger partial charge < -0.3 is 0 Å². The smallest absolute Gasteiger partial charge is 0.160 e. The van der Waals surface area contributed by atoms with Gasteiger partial charge in [-0.1, -0.05) is 121 Å². The lowest BCUT2D eigenvalue weighted by atomic mass is 9.92. The number of pyridine rings is 1. The fourth-order valence-corrected chi connectivity index (χ4v) is 6.72. The Bertz CT molecular complexity index is 2600. The van der Waals surface area contributed by atoms with Crippen LogP contribution in [-0.2, 0) is 0 Å². The molecule has 9 rings (SSSR count). The van der Waals surface area contributed by atoms with Gasteiger partial charge >= 0.3 is 0 Å². The van der Waals surface area contributed by atoms with Crippen molar-refractivity contribution in [2.24, 2.45) is 0 Å². The molecule has 0 atom stereocenters. The number of benzene rings is 7. The summed E-state index contributed by atoms with van der Waals surface area (Å²) in [5.74, 6) is 0.673. The van der Waals surface area contributed by atoms with Gasteiger partial charge in [-0.15, -0.1) is 0 Å². The van der Waals surface area contributed by atoms with E-state index >= 15 is 0 Å². The van der Waals surface area contributed by atoms with Gasteiger partial charge in [0.15, 0.2) is 5.82 Å². The molecule has 0 amide bonds. The summed E-state index contributed by atoms with van der Waals surface area (Å²) in [6.07, 6.45) is 3.58. The predicted octanol–water partition coefficient (Wildman–Crippen LogP) is 11.7. The third-order valence-electron chi connectivity index (χ3n) is 9.15. The third-order valence-corrected chi connectivity index (χ3v) is 9.15. The lowest BCUT2D eigenvalue weighted by Crippen LogP contribution is -1.96. The second-order valence-electron chi connectivity index (χ2n) is 12.1. The van der Waals surface area contributed by atoms with E-state index in [4.69, 9.17) is 9.97 Å². The average molecular weight is 612 g/mol. The molecule has 2 aromatic heterocycles. The largest absolute Gasteiger partial charge is 0.265 e. The molecular weight excluding hydrogens is 583 g/mol. The van der Waals surface area contributed by atoms with Crippen molar-refractivity contribution < 1.29 is 0 Å². The summed E-state index contributed by atoms with van der Waals surface area (Å²) in [5.41, 5.74) is 9.60. The molecule has 0 fully saturated rings. The molecule has 0 radical (unpaired) electrons. The van der Waals surface area contributed by atoms with Crippen LogP contribution in [0.15, 0.2) is 176 Å². The lowest BCUT2D eigenvalue weighted by Gasteiger charge is -2.13. The van der Waals surface area contributed by atoms with Crippen LogP contribution in [-0.4, -0.2) is 15.0 Å². The number of fused-ring (bicyclic) bond motifs is 4. The molecule has 48 heavy (non-hydrogen) atoms. The van der Waals surface area contributed by atoms with Crippen LogP contribution >= 0.6 is 0 Å². The average Bonchev–Trinajstić information content (AvgIpc) is 3.17. The summed E-state index contributed by atoms with van der Waals surface area (Å²) in [4.78, 5) is 14.5. The molecule has 0 spiro atoms. The fourth-order valence-electron chi connectivity index (χ4n) is 6.72. The molecule has 0 saturated heterocycles. The monoisotopic (exact) mass is 611 g/mol. The standard InChI is InChI=1S/C45H29N3/c1-3-9-30(10-4-1)34-17-15-31-16-18-35(26-37(31)25-34)43-29-44(48-45(47-43)33-21-23-46-24-22-33)36-19-20-39-38(27-36)28-42(32-11-5-2-6-12-32)41-14-8-7-13-40(39)41/h1-29H. The maximum Gasteiger partial charge on any atom is 0.160 e. The van der Waals surface area contributed by atoms with Crippen molar-refractivity contribution in [1.82, 2.24) is 15.0 Å². The van der Waals surface area contributed by atoms with Crippen molar-refractivity contribution in [3.05, 3.63) is 176 Å². The number of nitrogens with zero attached hydrogens (tertiary/aromatic N) is 3. The van der Waals surface area contributed by atoms with Gasteiger partial charge in [0.05, 0.1) is 11.4 Å². The van der Waals surface area contributed by atoms with Crippen LogP contribution in [0.5, 0.6) is 0 Å². The Hall–Kier alpha value is -6.45. The summed E-state index contributed by atoms with van der Waals surface area (Å²) in [7, 11) is 0. The Morgan fingerprint density at radius 1 is 0.312 bits per heavy atom. The Kier molecular flexibility index (Phi) is 6.80. The van der Waals surface area contributed by atoms with Gasteiger partial charge in [0.2, 0.25) is 0 Å². The van der Waals surface area contributed by atoms with E-state index < -0.39 is 0 Å². The molecule has 224 valence electrons. The maximum atomic E-state index is 5.13. The molecule has 7 aromatic carbocycles. The molecule has 0 aliphatic carbocycles. The molecule has 0 unspecified atom stereocenters. The minimum Gasteiger partial charge on any atom is -0.265 e. The highest BCUT2D eigenvalue weighted by atomic mass is 14.9. The van der Waals surface area contributed by atoms with Crippen molar-refractivity contribution in [2.45, 2.75) is 0 Å². The van der Waals surface area contributed by atoms with E-state index in [-0.39, 0.29) is 0 Å².